The smallest absolute Gasteiger partial charge is 0.160 e. The summed E-state index contributed by atoms with van der Waals surface area (Å²) >= 11 is 4.12. The Bertz CT molecular complexity index is 268. The molecule has 1 rings (SSSR count). The number of hydrogen-bond acceptors (Lipinski definition) is 2. The molecule has 0 aliphatic heterocycles. The summed E-state index contributed by atoms with van der Waals surface area (Å²) in [6.07, 6.45) is 0. The summed E-state index contributed by atoms with van der Waals surface area (Å²) in [4.78, 5) is 11.0. The minimum atomic E-state index is 0.106. The molecule has 0 aromatic heterocycles. The standard InChI is InChI=1S/C9H10OS/c1-7(10)9-5-3-2-4-8(9)6-11/h2-5,11H,6H2,1H3. The van der Waals surface area contributed by atoms with Crippen LogP contribution in [0.2, 0.25) is 0 Å². The zero-order valence-electron chi connectivity index (χ0n) is 6.37. The van der Waals surface area contributed by atoms with Crippen LogP contribution >= 0.6 is 12.6 Å². The fraction of sp³-hybridized carbons (Fsp3) is 0.222. The molecular weight excluding hydrogens is 156 g/mol. The van der Waals surface area contributed by atoms with Crippen LogP contribution in [-0.4, -0.2) is 5.78 Å². The van der Waals surface area contributed by atoms with Crippen LogP contribution < -0.4 is 0 Å². The first-order chi connectivity index (χ1) is 5.25. The second kappa shape index (κ2) is 3.58. The van der Waals surface area contributed by atoms with Crippen molar-refractivity contribution in [1.29, 1.82) is 0 Å². The van der Waals surface area contributed by atoms with Gasteiger partial charge >= 0.3 is 0 Å². The van der Waals surface area contributed by atoms with E-state index in [0.717, 1.165) is 11.1 Å². The minimum Gasteiger partial charge on any atom is -0.295 e. The molecular formula is C9H10OS. The average Bonchev–Trinajstić information content (AvgIpc) is 2.04. The van der Waals surface area contributed by atoms with Crippen LogP contribution in [0.1, 0.15) is 22.8 Å². The maximum Gasteiger partial charge on any atom is 0.160 e. The Labute approximate surface area is 71.8 Å². The highest BCUT2D eigenvalue weighted by atomic mass is 32.1. The van der Waals surface area contributed by atoms with Crippen LogP contribution in [0.4, 0.5) is 0 Å². The Morgan fingerprint density at radius 1 is 1.45 bits per heavy atom. The van der Waals surface area contributed by atoms with Gasteiger partial charge in [-0.3, -0.25) is 4.79 Å². The maximum absolute atomic E-state index is 11.0. The van der Waals surface area contributed by atoms with Crippen molar-refractivity contribution in [2.45, 2.75) is 12.7 Å². The Kier molecular flexibility index (Phi) is 2.71. The molecule has 0 aliphatic carbocycles. The lowest BCUT2D eigenvalue weighted by Gasteiger charge is -2.01. The van der Waals surface area contributed by atoms with E-state index in [2.05, 4.69) is 12.6 Å². The van der Waals surface area contributed by atoms with Crippen molar-refractivity contribution in [3.8, 4) is 0 Å². The highest BCUT2D eigenvalue weighted by Gasteiger charge is 2.02. The third kappa shape index (κ3) is 1.84. The lowest BCUT2D eigenvalue weighted by molar-refractivity contribution is 0.101. The van der Waals surface area contributed by atoms with Crippen molar-refractivity contribution in [2.24, 2.45) is 0 Å². The molecule has 2 heteroatoms. The van der Waals surface area contributed by atoms with E-state index in [0.29, 0.717) is 5.75 Å². The van der Waals surface area contributed by atoms with Crippen molar-refractivity contribution in [1.82, 2.24) is 0 Å². The average molecular weight is 166 g/mol. The Balaban J connectivity index is 3.12. The summed E-state index contributed by atoms with van der Waals surface area (Å²) in [6.45, 7) is 1.57. The molecule has 0 saturated heterocycles. The largest absolute Gasteiger partial charge is 0.295 e. The molecule has 0 aliphatic rings. The summed E-state index contributed by atoms with van der Waals surface area (Å²) in [6, 6.07) is 7.53. The van der Waals surface area contributed by atoms with Crippen LogP contribution in [0, 0.1) is 0 Å². The molecule has 0 spiro atoms. The molecule has 0 unspecified atom stereocenters. The van der Waals surface area contributed by atoms with E-state index in [9.17, 15) is 4.79 Å². The quantitative estimate of drug-likeness (QED) is 0.527. The number of hydrogen-bond donors (Lipinski definition) is 1. The first-order valence-corrected chi connectivity index (χ1v) is 4.08. The molecule has 11 heavy (non-hydrogen) atoms. The normalized spacial score (nSPS) is 9.64. The first-order valence-electron chi connectivity index (χ1n) is 3.45. The number of carbonyl (C=O) groups excluding carboxylic acids is 1. The molecule has 0 heterocycles. The van der Waals surface area contributed by atoms with E-state index in [1.807, 2.05) is 24.3 Å². The number of ketones is 1. The second-order valence-electron chi connectivity index (χ2n) is 2.37. The predicted molar refractivity (Wildman–Crippen MR) is 49.1 cm³/mol. The van der Waals surface area contributed by atoms with Crippen molar-refractivity contribution in [2.75, 3.05) is 0 Å². The summed E-state index contributed by atoms with van der Waals surface area (Å²) in [7, 11) is 0. The Hall–Kier alpha value is -0.760. The van der Waals surface area contributed by atoms with Crippen molar-refractivity contribution < 1.29 is 4.79 Å². The van der Waals surface area contributed by atoms with Crippen LogP contribution in [0.5, 0.6) is 0 Å². The third-order valence-corrected chi connectivity index (χ3v) is 1.91. The monoisotopic (exact) mass is 166 g/mol. The van der Waals surface area contributed by atoms with Gasteiger partial charge in [0, 0.05) is 11.3 Å². The van der Waals surface area contributed by atoms with E-state index in [1.165, 1.54) is 0 Å². The van der Waals surface area contributed by atoms with Gasteiger partial charge in [0.05, 0.1) is 0 Å². The lowest BCUT2D eigenvalue weighted by Crippen LogP contribution is -1.96. The Morgan fingerprint density at radius 3 is 2.55 bits per heavy atom. The van der Waals surface area contributed by atoms with Gasteiger partial charge in [-0.2, -0.15) is 12.6 Å². The zero-order valence-corrected chi connectivity index (χ0v) is 7.27. The minimum absolute atomic E-state index is 0.106. The van der Waals surface area contributed by atoms with Gasteiger partial charge < -0.3 is 0 Å². The maximum atomic E-state index is 11.0. The Morgan fingerprint density at radius 2 is 2.09 bits per heavy atom. The number of benzene rings is 1. The molecule has 0 bridgehead atoms. The summed E-state index contributed by atoms with van der Waals surface area (Å²) in [5, 5.41) is 0. The van der Waals surface area contributed by atoms with Gasteiger partial charge in [-0.15, -0.1) is 0 Å². The van der Waals surface area contributed by atoms with Gasteiger partial charge in [0.15, 0.2) is 5.78 Å². The predicted octanol–water partition coefficient (Wildman–Crippen LogP) is 2.32. The number of rotatable bonds is 2. The van der Waals surface area contributed by atoms with Gasteiger partial charge in [-0.05, 0) is 12.5 Å². The lowest BCUT2D eigenvalue weighted by atomic mass is 10.1. The fourth-order valence-corrected chi connectivity index (χ4v) is 1.28. The molecule has 1 nitrogen and oxygen atoms in total. The van der Waals surface area contributed by atoms with Gasteiger partial charge in [-0.25, -0.2) is 0 Å². The van der Waals surface area contributed by atoms with Crippen molar-refractivity contribution in [3.05, 3.63) is 35.4 Å². The van der Waals surface area contributed by atoms with Gasteiger partial charge in [0.2, 0.25) is 0 Å². The molecule has 1 aromatic rings. The topological polar surface area (TPSA) is 17.1 Å². The molecule has 0 N–H and O–H groups in total. The number of Topliss-reactive ketones (excluding diaryl/α,β-unsaturated/α-hetero) is 1. The molecule has 0 atom stereocenters. The van der Waals surface area contributed by atoms with Crippen LogP contribution in [-0.2, 0) is 5.75 Å². The van der Waals surface area contributed by atoms with Crippen LogP contribution in [0.3, 0.4) is 0 Å². The molecule has 0 fully saturated rings. The molecule has 1 aromatic carbocycles. The summed E-state index contributed by atoms with van der Waals surface area (Å²) in [5.74, 6) is 0.727. The highest BCUT2D eigenvalue weighted by Crippen LogP contribution is 2.11. The van der Waals surface area contributed by atoms with Gasteiger partial charge in [-0.1, -0.05) is 24.3 Å². The van der Waals surface area contributed by atoms with Crippen molar-refractivity contribution in [3.63, 3.8) is 0 Å². The third-order valence-electron chi connectivity index (χ3n) is 1.57. The summed E-state index contributed by atoms with van der Waals surface area (Å²) < 4.78 is 0. The van der Waals surface area contributed by atoms with Crippen molar-refractivity contribution >= 4 is 18.4 Å². The molecule has 0 amide bonds. The number of carbonyl (C=O) groups is 1. The molecule has 0 saturated carbocycles. The summed E-state index contributed by atoms with van der Waals surface area (Å²) in [5.41, 5.74) is 1.78. The second-order valence-corrected chi connectivity index (χ2v) is 2.69. The SMILES string of the molecule is CC(=O)c1ccccc1CS. The van der Waals surface area contributed by atoms with Crippen LogP contribution in [0.25, 0.3) is 0 Å². The number of thiol groups is 1. The van der Waals surface area contributed by atoms with Crippen LogP contribution in [0.15, 0.2) is 24.3 Å². The fourth-order valence-electron chi connectivity index (χ4n) is 1.00. The van der Waals surface area contributed by atoms with E-state index in [-0.39, 0.29) is 5.78 Å². The van der Waals surface area contributed by atoms with Gasteiger partial charge in [0.1, 0.15) is 0 Å². The molecule has 0 radical (unpaired) electrons. The molecule has 58 valence electrons. The highest BCUT2D eigenvalue weighted by molar-refractivity contribution is 7.79. The van der Waals surface area contributed by atoms with E-state index in [4.69, 9.17) is 0 Å². The van der Waals surface area contributed by atoms with Gasteiger partial charge in [0.25, 0.3) is 0 Å². The van der Waals surface area contributed by atoms with E-state index >= 15 is 0 Å². The van der Waals surface area contributed by atoms with E-state index < -0.39 is 0 Å². The first kappa shape index (κ1) is 8.34. The van der Waals surface area contributed by atoms with E-state index in [1.54, 1.807) is 6.92 Å². The zero-order chi connectivity index (χ0) is 8.27.